The molecule has 0 saturated carbocycles. The molecule has 0 spiro atoms. The monoisotopic (exact) mass is 562 g/mol. The number of carbonyl (C=O) groups excluding carboxylic acids is 2. The van der Waals surface area contributed by atoms with Crippen molar-refractivity contribution in [1.29, 1.82) is 0 Å². The predicted octanol–water partition coefficient (Wildman–Crippen LogP) is 6.45. The largest absolute Gasteiger partial charge is 0.405 e. The van der Waals surface area contributed by atoms with Gasteiger partial charge in [0.1, 0.15) is 16.7 Å². The summed E-state index contributed by atoms with van der Waals surface area (Å²) >= 11 is 21.2. The molecule has 168 valence electrons. The predicted molar refractivity (Wildman–Crippen MR) is 115 cm³/mol. The number of carbonyl (C=O) groups is 2. The molecule has 0 aliphatic heterocycles. The fourth-order valence-corrected chi connectivity index (χ4v) is 3.53. The Kier molecular flexibility index (Phi) is 8.24. The van der Waals surface area contributed by atoms with Crippen LogP contribution in [0.1, 0.15) is 28.8 Å². The van der Waals surface area contributed by atoms with Crippen molar-refractivity contribution in [3.8, 4) is 0 Å². The fraction of sp³-hybridized carbons (Fsp3) is 0.263. The summed E-state index contributed by atoms with van der Waals surface area (Å²) in [5.41, 5.74) is -0.0519. The molecule has 1 unspecified atom stereocenters. The van der Waals surface area contributed by atoms with Crippen LogP contribution in [0.5, 0.6) is 0 Å². The first-order valence-corrected chi connectivity index (χ1v) is 10.4. The Balaban J connectivity index is 2.30. The third kappa shape index (κ3) is 7.24. The molecule has 0 aliphatic carbocycles. The van der Waals surface area contributed by atoms with Crippen molar-refractivity contribution in [2.45, 2.75) is 23.4 Å². The normalized spacial score (nSPS) is 12.9. The number of benzene rings is 2. The van der Waals surface area contributed by atoms with E-state index in [9.17, 15) is 27.2 Å². The van der Waals surface area contributed by atoms with Gasteiger partial charge in [0.2, 0.25) is 5.91 Å². The zero-order valence-electron chi connectivity index (χ0n) is 15.6. The summed E-state index contributed by atoms with van der Waals surface area (Å²) in [6, 6.07) is 7.60. The third-order valence-corrected chi connectivity index (χ3v) is 5.38. The molecule has 0 heterocycles. The first-order valence-electron chi connectivity index (χ1n) is 8.47. The summed E-state index contributed by atoms with van der Waals surface area (Å²) in [6.07, 6.45) is -4.60. The van der Waals surface area contributed by atoms with Crippen LogP contribution in [0.3, 0.4) is 0 Å². The van der Waals surface area contributed by atoms with E-state index in [2.05, 4.69) is 21.2 Å². The standard InChI is InChI=1S/C19H14BrCl3F4N2O2/c1-18(22,23)15(9-2-4-12(20)14(24)6-9)17(31)29-10-3-5-13(21)11(7-10)16(30)28-8-19(25,26)27/h2-7,15H,8H2,1H3,(H,28,30)(H,29,31). The Morgan fingerprint density at radius 1 is 1.13 bits per heavy atom. The maximum Gasteiger partial charge on any atom is 0.405 e. The highest BCUT2D eigenvalue weighted by molar-refractivity contribution is 9.10. The summed E-state index contributed by atoms with van der Waals surface area (Å²) in [5.74, 6) is -3.68. The Morgan fingerprint density at radius 2 is 1.77 bits per heavy atom. The van der Waals surface area contributed by atoms with Crippen molar-refractivity contribution in [2.75, 3.05) is 11.9 Å². The third-order valence-electron chi connectivity index (χ3n) is 3.97. The summed E-state index contributed by atoms with van der Waals surface area (Å²) < 4.78 is 49.5. The van der Waals surface area contributed by atoms with Crippen LogP contribution in [0.4, 0.5) is 23.2 Å². The molecular formula is C19H14BrCl3F4N2O2. The lowest BCUT2D eigenvalue weighted by atomic mass is 9.94. The van der Waals surface area contributed by atoms with E-state index in [-0.39, 0.29) is 26.3 Å². The van der Waals surface area contributed by atoms with Crippen molar-refractivity contribution >= 4 is 68.2 Å². The van der Waals surface area contributed by atoms with Gasteiger partial charge in [-0.15, -0.1) is 23.2 Å². The molecule has 1 atom stereocenters. The van der Waals surface area contributed by atoms with Crippen LogP contribution < -0.4 is 10.6 Å². The van der Waals surface area contributed by atoms with E-state index >= 15 is 0 Å². The van der Waals surface area contributed by atoms with Gasteiger partial charge < -0.3 is 10.6 Å². The highest BCUT2D eigenvalue weighted by Gasteiger charge is 2.38. The number of nitrogens with one attached hydrogen (secondary N) is 2. The van der Waals surface area contributed by atoms with Crippen molar-refractivity contribution in [3.05, 3.63) is 62.8 Å². The van der Waals surface area contributed by atoms with Crippen molar-refractivity contribution in [2.24, 2.45) is 0 Å². The molecule has 0 fully saturated rings. The number of amides is 2. The topological polar surface area (TPSA) is 58.2 Å². The maximum absolute atomic E-state index is 14.0. The molecule has 2 aromatic rings. The van der Waals surface area contributed by atoms with E-state index in [1.165, 1.54) is 31.2 Å². The molecular weight excluding hydrogens is 550 g/mol. The smallest absolute Gasteiger partial charge is 0.343 e. The average molecular weight is 565 g/mol. The zero-order chi connectivity index (χ0) is 23.6. The Bertz CT molecular complexity index is 997. The Morgan fingerprint density at radius 3 is 2.32 bits per heavy atom. The molecule has 31 heavy (non-hydrogen) atoms. The average Bonchev–Trinajstić information content (AvgIpc) is 2.62. The van der Waals surface area contributed by atoms with Crippen molar-refractivity contribution in [1.82, 2.24) is 5.32 Å². The SMILES string of the molecule is CC(Cl)(Cl)C(C(=O)Nc1ccc(Cl)c(C(=O)NCC(F)(F)F)c1)c1ccc(Br)c(F)c1. The maximum atomic E-state index is 14.0. The molecule has 0 aromatic heterocycles. The lowest BCUT2D eigenvalue weighted by Crippen LogP contribution is -2.34. The minimum absolute atomic E-state index is 0.0479. The first kappa shape index (κ1) is 25.7. The van der Waals surface area contributed by atoms with Gasteiger partial charge in [-0.2, -0.15) is 13.2 Å². The van der Waals surface area contributed by atoms with Crippen LogP contribution in [-0.4, -0.2) is 28.9 Å². The van der Waals surface area contributed by atoms with Crippen LogP contribution in [0.15, 0.2) is 40.9 Å². The number of alkyl halides is 5. The van der Waals surface area contributed by atoms with Crippen LogP contribution in [0.2, 0.25) is 5.02 Å². The van der Waals surface area contributed by atoms with E-state index in [0.717, 1.165) is 12.1 Å². The summed E-state index contributed by atoms with van der Waals surface area (Å²) in [4.78, 5) is 24.9. The van der Waals surface area contributed by atoms with E-state index < -0.39 is 40.6 Å². The van der Waals surface area contributed by atoms with E-state index in [1.807, 2.05) is 0 Å². The van der Waals surface area contributed by atoms with E-state index in [1.54, 1.807) is 5.32 Å². The second-order valence-corrected chi connectivity index (χ2v) is 9.57. The number of hydrogen-bond acceptors (Lipinski definition) is 2. The lowest BCUT2D eigenvalue weighted by Gasteiger charge is -2.26. The van der Waals surface area contributed by atoms with Crippen LogP contribution in [-0.2, 0) is 4.79 Å². The lowest BCUT2D eigenvalue weighted by molar-refractivity contribution is -0.123. The Hall–Kier alpha value is -1.55. The summed E-state index contributed by atoms with van der Waals surface area (Å²) in [6.45, 7) is -0.203. The molecule has 0 radical (unpaired) electrons. The molecule has 2 rings (SSSR count). The highest BCUT2D eigenvalue weighted by atomic mass is 79.9. The quantitative estimate of drug-likeness (QED) is 0.313. The molecule has 4 nitrogen and oxygen atoms in total. The van der Waals surface area contributed by atoms with Gasteiger partial charge in [-0.25, -0.2) is 4.39 Å². The van der Waals surface area contributed by atoms with Crippen LogP contribution in [0, 0.1) is 5.82 Å². The Labute approximate surface area is 198 Å². The van der Waals surface area contributed by atoms with Crippen molar-refractivity contribution in [3.63, 3.8) is 0 Å². The molecule has 12 heteroatoms. The van der Waals surface area contributed by atoms with Gasteiger partial charge in [-0.3, -0.25) is 9.59 Å². The number of hydrogen-bond donors (Lipinski definition) is 2. The zero-order valence-corrected chi connectivity index (χ0v) is 19.4. The molecule has 2 aromatic carbocycles. The molecule has 2 N–H and O–H groups in total. The first-order chi connectivity index (χ1) is 14.2. The number of rotatable bonds is 6. The fourth-order valence-electron chi connectivity index (χ4n) is 2.63. The van der Waals surface area contributed by atoms with Gasteiger partial charge in [0.25, 0.3) is 5.91 Å². The van der Waals surface area contributed by atoms with Gasteiger partial charge in [0.05, 0.1) is 21.0 Å². The molecule has 2 amide bonds. The number of anilines is 1. The second kappa shape index (κ2) is 9.94. The van der Waals surface area contributed by atoms with Gasteiger partial charge in [0.15, 0.2) is 0 Å². The van der Waals surface area contributed by atoms with Crippen molar-refractivity contribution < 1.29 is 27.2 Å². The molecule has 0 bridgehead atoms. The van der Waals surface area contributed by atoms with Gasteiger partial charge in [-0.1, -0.05) is 17.7 Å². The molecule has 0 saturated heterocycles. The van der Waals surface area contributed by atoms with E-state index in [0.29, 0.717) is 0 Å². The van der Waals surface area contributed by atoms with E-state index in [4.69, 9.17) is 34.8 Å². The second-order valence-electron chi connectivity index (χ2n) is 6.54. The summed E-state index contributed by atoms with van der Waals surface area (Å²) in [5, 5.41) is 4.05. The van der Waals surface area contributed by atoms with Gasteiger partial charge in [-0.05, 0) is 58.7 Å². The van der Waals surface area contributed by atoms with Gasteiger partial charge >= 0.3 is 6.18 Å². The highest BCUT2D eigenvalue weighted by Crippen LogP contribution is 2.39. The number of halogens is 8. The van der Waals surface area contributed by atoms with Gasteiger partial charge in [0, 0.05) is 5.69 Å². The van der Waals surface area contributed by atoms with Crippen LogP contribution >= 0.6 is 50.7 Å². The summed E-state index contributed by atoms with van der Waals surface area (Å²) in [7, 11) is 0. The molecule has 0 aliphatic rings. The van der Waals surface area contributed by atoms with Crippen LogP contribution in [0.25, 0.3) is 0 Å². The minimum atomic E-state index is -4.60. The minimum Gasteiger partial charge on any atom is -0.343 e.